The third kappa shape index (κ3) is 3.27. The third-order valence-corrected chi connectivity index (χ3v) is 3.89. The number of benzene rings is 1. The van der Waals surface area contributed by atoms with Gasteiger partial charge in [-0.25, -0.2) is 0 Å². The van der Waals surface area contributed by atoms with Crippen LogP contribution in [0.15, 0.2) is 29.4 Å². The molecule has 0 fully saturated rings. The Morgan fingerprint density at radius 2 is 2.14 bits per heavy atom. The first kappa shape index (κ1) is 15.2. The van der Waals surface area contributed by atoms with Crippen molar-refractivity contribution in [1.29, 1.82) is 0 Å². The molecule has 0 aliphatic carbocycles. The molecule has 0 spiro atoms. The van der Waals surface area contributed by atoms with Gasteiger partial charge in [-0.05, 0) is 12.1 Å². The number of hydrogen-bond donors (Lipinski definition) is 1. The monoisotopic (exact) mass is 308 g/mol. The molecule has 0 aliphatic heterocycles. The Hall–Kier alpha value is -2.22. The van der Waals surface area contributed by atoms with Gasteiger partial charge < -0.3 is 14.7 Å². The fourth-order valence-electron chi connectivity index (χ4n) is 1.87. The Kier molecular flexibility index (Phi) is 4.69. The van der Waals surface area contributed by atoms with Crippen LogP contribution in [0.1, 0.15) is 0 Å². The van der Waals surface area contributed by atoms with Crippen molar-refractivity contribution in [2.75, 3.05) is 24.8 Å². The first-order valence-corrected chi connectivity index (χ1v) is 7.14. The molecule has 1 aromatic carbocycles. The minimum Gasteiger partial charge on any atom is -0.495 e. The van der Waals surface area contributed by atoms with Crippen LogP contribution in [0, 0.1) is 0 Å². The number of rotatable bonds is 6. The lowest BCUT2D eigenvalue weighted by atomic mass is 10.3. The van der Waals surface area contributed by atoms with Crippen molar-refractivity contribution in [2.24, 2.45) is 7.05 Å². The van der Waals surface area contributed by atoms with Crippen molar-refractivity contribution >= 4 is 29.4 Å². The largest absolute Gasteiger partial charge is 0.495 e. The summed E-state index contributed by atoms with van der Waals surface area (Å²) in [6.07, 6.45) is 0. The van der Waals surface area contributed by atoms with Gasteiger partial charge in [-0.2, -0.15) is 0 Å². The van der Waals surface area contributed by atoms with E-state index in [4.69, 9.17) is 9.84 Å². The van der Waals surface area contributed by atoms with Crippen LogP contribution in [0.2, 0.25) is 0 Å². The number of methoxy groups -OCH3 is 1. The highest BCUT2D eigenvalue weighted by Crippen LogP contribution is 2.32. The average molecular weight is 308 g/mol. The van der Waals surface area contributed by atoms with Gasteiger partial charge in [0.15, 0.2) is 5.16 Å². The van der Waals surface area contributed by atoms with Crippen molar-refractivity contribution in [3.05, 3.63) is 24.3 Å². The maximum absolute atomic E-state index is 10.6. The van der Waals surface area contributed by atoms with Crippen LogP contribution in [-0.4, -0.2) is 45.8 Å². The molecule has 1 aromatic heterocycles. The average Bonchev–Trinajstić information content (AvgIpc) is 2.85. The van der Waals surface area contributed by atoms with Gasteiger partial charge in [-0.1, -0.05) is 23.9 Å². The molecule has 0 saturated heterocycles. The number of nitrogens with zero attached hydrogens (tertiary/aromatic N) is 4. The molecule has 112 valence electrons. The SMILES string of the molecule is COc1ccccc1N(C)c1nnc(SCC(=O)O)n1C. The Balaban J connectivity index is 2.27. The quantitative estimate of drug-likeness (QED) is 0.814. The molecule has 0 amide bonds. The van der Waals surface area contributed by atoms with Crippen LogP contribution in [-0.2, 0) is 11.8 Å². The molecule has 21 heavy (non-hydrogen) atoms. The number of thioether (sulfide) groups is 1. The molecule has 0 unspecified atom stereocenters. The summed E-state index contributed by atoms with van der Waals surface area (Å²) in [6.45, 7) is 0. The second-order valence-corrected chi connectivity index (χ2v) is 5.20. The Morgan fingerprint density at radius 1 is 1.43 bits per heavy atom. The molecular formula is C13H16N4O3S. The number of para-hydroxylation sites is 2. The van der Waals surface area contributed by atoms with Gasteiger partial charge in [0, 0.05) is 14.1 Å². The van der Waals surface area contributed by atoms with Gasteiger partial charge in [0.2, 0.25) is 5.95 Å². The molecule has 0 atom stereocenters. The Morgan fingerprint density at radius 3 is 2.81 bits per heavy atom. The molecule has 8 heteroatoms. The van der Waals surface area contributed by atoms with Crippen LogP contribution >= 0.6 is 11.8 Å². The van der Waals surface area contributed by atoms with Gasteiger partial charge in [0.25, 0.3) is 0 Å². The van der Waals surface area contributed by atoms with E-state index in [1.165, 1.54) is 0 Å². The van der Waals surface area contributed by atoms with Crippen LogP contribution in [0.5, 0.6) is 5.75 Å². The van der Waals surface area contributed by atoms with E-state index < -0.39 is 5.97 Å². The number of aromatic nitrogens is 3. The molecule has 1 heterocycles. The number of carboxylic acid groups (broad SMARTS) is 1. The van der Waals surface area contributed by atoms with E-state index in [1.807, 2.05) is 36.2 Å². The van der Waals surface area contributed by atoms with E-state index in [9.17, 15) is 4.79 Å². The maximum Gasteiger partial charge on any atom is 0.313 e. The van der Waals surface area contributed by atoms with Gasteiger partial charge in [-0.3, -0.25) is 9.36 Å². The van der Waals surface area contributed by atoms with E-state index in [0.717, 1.165) is 23.2 Å². The summed E-state index contributed by atoms with van der Waals surface area (Å²) < 4.78 is 7.08. The summed E-state index contributed by atoms with van der Waals surface area (Å²) in [5.74, 6) is 0.391. The highest BCUT2D eigenvalue weighted by Gasteiger charge is 2.17. The topological polar surface area (TPSA) is 80.5 Å². The first-order valence-electron chi connectivity index (χ1n) is 6.15. The molecule has 0 bridgehead atoms. The van der Waals surface area contributed by atoms with Crippen LogP contribution in [0.4, 0.5) is 11.6 Å². The molecule has 2 rings (SSSR count). The van der Waals surface area contributed by atoms with Gasteiger partial charge in [0.1, 0.15) is 5.75 Å². The number of ether oxygens (including phenoxy) is 1. The van der Waals surface area contributed by atoms with E-state index in [1.54, 1.807) is 18.7 Å². The molecule has 0 saturated carbocycles. The van der Waals surface area contributed by atoms with Gasteiger partial charge >= 0.3 is 5.97 Å². The van der Waals surface area contributed by atoms with E-state index >= 15 is 0 Å². The molecular weight excluding hydrogens is 292 g/mol. The number of anilines is 2. The Bertz CT molecular complexity index is 644. The predicted octanol–water partition coefficient (Wildman–Crippen LogP) is 1.77. The lowest BCUT2D eigenvalue weighted by Crippen LogP contribution is -2.15. The second kappa shape index (κ2) is 6.49. The predicted molar refractivity (Wildman–Crippen MR) is 80.4 cm³/mol. The third-order valence-electron chi connectivity index (χ3n) is 2.88. The van der Waals surface area contributed by atoms with Crippen LogP contribution in [0.25, 0.3) is 0 Å². The zero-order chi connectivity index (χ0) is 15.4. The zero-order valence-corrected chi connectivity index (χ0v) is 12.8. The lowest BCUT2D eigenvalue weighted by Gasteiger charge is -2.20. The molecule has 0 radical (unpaired) electrons. The van der Waals surface area contributed by atoms with Crippen molar-refractivity contribution < 1.29 is 14.6 Å². The van der Waals surface area contributed by atoms with Crippen molar-refractivity contribution in [3.8, 4) is 5.75 Å². The van der Waals surface area contributed by atoms with Gasteiger partial charge in [0.05, 0.1) is 18.6 Å². The standard InChI is InChI=1S/C13H16N4O3S/c1-16(9-6-4-5-7-10(9)20-3)12-14-15-13(17(12)2)21-8-11(18)19/h4-7H,8H2,1-3H3,(H,18,19). The lowest BCUT2D eigenvalue weighted by molar-refractivity contribution is -0.133. The van der Waals surface area contributed by atoms with E-state index in [2.05, 4.69) is 10.2 Å². The smallest absolute Gasteiger partial charge is 0.313 e. The first-order chi connectivity index (χ1) is 10.0. The minimum absolute atomic E-state index is 0.0512. The summed E-state index contributed by atoms with van der Waals surface area (Å²) in [5.41, 5.74) is 0.852. The number of aliphatic carboxylic acids is 1. The van der Waals surface area contributed by atoms with Gasteiger partial charge in [-0.15, -0.1) is 10.2 Å². The minimum atomic E-state index is -0.886. The van der Waals surface area contributed by atoms with Crippen molar-refractivity contribution in [1.82, 2.24) is 14.8 Å². The van der Waals surface area contributed by atoms with E-state index in [-0.39, 0.29) is 5.75 Å². The molecule has 2 aromatic rings. The van der Waals surface area contributed by atoms with Crippen molar-refractivity contribution in [3.63, 3.8) is 0 Å². The van der Waals surface area contributed by atoms with Crippen LogP contribution in [0.3, 0.4) is 0 Å². The molecule has 0 aliphatic rings. The number of carbonyl (C=O) groups is 1. The van der Waals surface area contributed by atoms with E-state index in [0.29, 0.717) is 11.1 Å². The second-order valence-electron chi connectivity index (χ2n) is 4.25. The summed E-state index contributed by atoms with van der Waals surface area (Å²) >= 11 is 1.13. The normalized spacial score (nSPS) is 10.4. The fourth-order valence-corrected chi connectivity index (χ4v) is 2.49. The highest BCUT2D eigenvalue weighted by molar-refractivity contribution is 7.99. The summed E-state index contributed by atoms with van der Waals surface area (Å²) in [7, 11) is 5.26. The fraction of sp³-hybridized carbons (Fsp3) is 0.308. The van der Waals surface area contributed by atoms with Crippen LogP contribution < -0.4 is 9.64 Å². The number of carboxylic acids is 1. The summed E-state index contributed by atoms with van der Waals surface area (Å²) in [5, 5.41) is 17.4. The molecule has 1 N–H and O–H groups in total. The molecule has 7 nitrogen and oxygen atoms in total. The van der Waals surface area contributed by atoms with Crippen molar-refractivity contribution in [2.45, 2.75) is 5.16 Å². The summed E-state index contributed by atoms with van der Waals surface area (Å²) in [6, 6.07) is 7.58. The highest BCUT2D eigenvalue weighted by atomic mass is 32.2. The summed E-state index contributed by atoms with van der Waals surface area (Å²) in [4.78, 5) is 12.5. The maximum atomic E-state index is 10.6. The Labute approximate surface area is 126 Å². The number of hydrogen-bond acceptors (Lipinski definition) is 6. The zero-order valence-electron chi connectivity index (χ0n) is 12.0.